The minimum absolute atomic E-state index is 0.215. The average molecular weight is 554 g/mol. The van der Waals surface area contributed by atoms with Gasteiger partial charge in [-0.3, -0.25) is 14.6 Å². The molecule has 0 aliphatic carbocycles. The highest BCUT2D eigenvalue weighted by molar-refractivity contribution is 6.42. The van der Waals surface area contributed by atoms with Crippen molar-refractivity contribution in [2.45, 2.75) is 25.0 Å². The third-order valence-corrected chi connectivity index (χ3v) is 6.33. The van der Waals surface area contributed by atoms with Crippen LogP contribution in [0, 0.1) is 0 Å². The molecule has 0 fully saturated rings. The van der Waals surface area contributed by atoms with Crippen LogP contribution in [0.5, 0.6) is 5.88 Å². The van der Waals surface area contributed by atoms with Crippen molar-refractivity contribution in [3.05, 3.63) is 94.7 Å². The fourth-order valence-corrected chi connectivity index (χ4v) is 4.00. The number of benzene rings is 2. The Hall–Kier alpha value is -3.92. The van der Waals surface area contributed by atoms with Gasteiger partial charge in [-0.05, 0) is 35.9 Å². The number of pyridine rings is 1. The van der Waals surface area contributed by atoms with Gasteiger partial charge in [0.05, 0.1) is 34.0 Å². The molecule has 2 aromatic carbocycles. The van der Waals surface area contributed by atoms with E-state index in [1.807, 2.05) is 36.4 Å². The number of amides is 2. The first-order valence-electron chi connectivity index (χ1n) is 11.7. The molecule has 2 atom stereocenters. The molecule has 11 heteroatoms. The van der Waals surface area contributed by atoms with Crippen LogP contribution in [0.1, 0.15) is 12.0 Å². The molecular formula is C27H25Cl2N5O4. The van der Waals surface area contributed by atoms with Gasteiger partial charge >= 0.3 is 0 Å². The van der Waals surface area contributed by atoms with E-state index in [1.165, 1.54) is 4.68 Å². The maximum Gasteiger partial charge on any atom is 0.240 e. The first-order chi connectivity index (χ1) is 18.3. The lowest BCUT2D eigenvalue weighted by molar-refractivity contribution is -0.128. The zero-order valence-electron chi connectivity index (χ0n) is 20.1. The fourth-order valence-electron chi connectivity index (χ4n) is 3.70. The number of rotatable bonds is 11. The van der Waals surface area contributed by atoms with Crippen LogP contribution in [-0.4, -0.2) is 50.4 Å². The van der Waals surface area contributed by atoms with Crippen LogP contribution in [0.25, 0.3) is 16.9 Å². The van der Waals surface area contributed by atoms with Crippen LogP contribution < -0.4 is 15.8 Å². The number of primary amides is 1. The Kier molecular flexibility index (Phi) is 8.96. The molecule has 38 heavy (non-hydrogen) atoms. The Morgan fingerprint density at radius 2 is 1.84 bits per heavy atom. The molecule has 0 unspecified atom stereocenters. The summed E-state index contributed by atoms with van der Waals surface area (Å²) < 4.78 is 7.37. The molecule has 0 aliphatic heterocycles. The molecule has 0 aliphatic rings. The number of nitrogens with two attached hydrogens (primary N) is 1. The molecule has 0 saturated heterocycles. The molecule has 4 aromatic rings. The van der Waals surface area contributed by atoms with Gasteiger partial charge in [-0.2, -0.15) is 5.10 Å². The number of ether oxygens (including phenoxy) is 1. The van der Waals surface area contributed by atoms with Crippen LogP contribution in [0.3, 0.4) is 0 Å². The lowest BCUT2D eigenvalue weighted by Crippen LogP contribution is -2.46. The third kappa shape index (κ3) is 7.10. The molecular weight excluding hydrogens is 529 g/mol. The van der Waals surface area contributed by atoms with Gasteiger partial charge in [0, 0.05) is 30.4 Å². The van der Waals surface area contributed by atoms with E-state index in [0.29, 0.717) is 27.3 Å². The summed E-state index contributed by atoms with van der Waals surface area (Å²) in [6.07, 6.45) is 2.10. The quantitative estimate of drug-likeness (QED) is 0.260. The summed E-state index contributed by atoms with van der Waals surface area (Å²) >= 11 is 12.3. The van der Waals surface area contributed by atoms with E-state index in [9.17, 15) is 14.7 Å². The van der Waals surface area contributed by atoms with Gasteiger partial charge in [-0.25, -0.2) is 4.68 Å². The molecule has 0 radical (unpaired) electrons. The van der Waals surface area contributed by atoms with Crippen molar-refractivity contribution >= 4 is 35.0 Å². The molecule has 0 saturated carbocycles. The first-order valence-corrected chi connectivity index (χ1v) is 12.4. The maximum atomic E-state index is 12.5. The highest BCUT2D eigenvalue weighted by Crippen LogP contribution is 2.29. The van der Waals surface area contributed by atoms with Crippen molar-refractivity contribution < 1.29 is 19.4 Å². The number of aromatic nitrogens is 3. The number of halogens is 2. The first kappa shape index (κ1) is 27.1. The fraction of sp³-hybridized carbons (Fsp3) is 0.185. The number of carbonyl (C=O) groups excluding carboxylic acids is 2. The van der Waals surface area contributed by atoms with Crippen LogP contribution in [0.2, 0.25) is 10.0 Å². The third-order valence-electron chi connectivity index (χ3n) is 5.59. The van der Waals surface area contributed by atoms with E-state index >= 15 is 0 Å². The number of nitrogens with one attached hydrogen (secondary N) is 1. The van der Waals surface area contributed by atoms with E-state index in [-0.39, 0.29) is 19.4 Å². The predicted octanol–water partition coefficient (Wildman–Crippen LogP) is 3.58. The average Bonchev–Trinajstić information content (AvgIpc) is 3.34. The maximum absolute atomic E-state index is 12.5. The second-order valence-corrected chi connectivity index (χ2v) is 9.32. The van der Waals surface area contributed by atoms with E-state index in [0.717, 1.165) is 11.1 Å². The lowest BCUT2D eigenvalue weighted by Gasteiger charge is -2.17. The molecule has 9 nitrogen and oxygen atoms in total. The highest BCUT2D eigenvalue weighted by Gasteiger charge is 2.21. The summed E-state index contributed by atoms with van der Waals surface area (Å²) in [6.45, 7) is -0.215. The molecule has 4 N–H and O–H groups in total. The minimum Gasteiger partial charge on any atom is -0.475 e. The molecule has 4 rings (SSSR count). The van der Waals surface area contributed by atoms with E-state index in [2.05, 4.69) is 15.4 Å². The number of nitrogens with zero attached hydrogens (tertiary/aromatic N) is 3. The van der Waals surface area contributed by atoms with Gasteiger partial charge in [-0.1, -0.05) is 53.5 Å². The summed E-state index contributed by atoms with van der Waals surface area (Å²) in [6, 6.07) is 18.6. The molecule has 0 bridgehead atoms. The molecule has 196 valence electrons. The summed E-state index contributed by atoms with van der Waals surface area (Å²) in [7, 11) is 0. The van der Waals surface area contributed by atoms with E-state index in [4.69, 9.17) is 33.7 Å². The smallest absolute Gasteiger partial charge is 0.240 e. The van der Waals surface area contributed by atoms with Gasteiger partial charge in [0.1, 0.15) is 12.6 Å². The van der Waals surface area contributed by atoms with Gasteiger partial charge in [0.15, 0.2) is 0 Å². The molecule has 2 heterocycles. The molecule has 2 aromatic heterocycles. The monoisotopic (exact) mass is 553 g/mol. The van der Waals surface area contributed by atoms with Crippen molar-refractivity contribution in [2.24, 2.45) is 5.73 Å². The Morgan fingerprint density at radius 3 is 2.53 bits per heavy atom. The Bertz CT molecular complexity index is 1400. The Balaban J connectivity index is 1.44. The Labute approximate surface area is 229 Å². The van der Waals surface area contributed by atoms with Crippen LogP contribution >= 0.6 is 23.2 Å². The summed E-state index contributed by atoms with van der Waals surface area (Å²) in [5.41, 5.74) is 8.24. The van der Waals surface area contributed by atoms with E-state index in [1.54, 1.807) is 42.7 Å². The zero-order chi connectivity index (χ0) is 27.1. The number of aliphatic hydroxyl groups is 1. The van der Waals surface area contributed by atoms with Crippen LogP contribution in [-0.2, 0) is 16.0 Å². The topological polar surface area (TPSA) is 132 Å². The minimum atomic E-state index is -1.17. The normalized spacial score (nSPS) is 12.5. The van der Waals surface area contributed by atoms with Gasteiger partial charge in [0.2, 0.25) is 17.7 Å². The van der Waals surface area contributed by atoms with Crippen molar-refractivity contribution in [1.82, 2.24) is 20.1 Å². The number of aliphatic hydroxyl groups excluding tert-OH is 1. The Morgan fingerprint density at radius 1 is 1.05 bits per heavy atom. The summed E-state index contributed by atoms with van der Waals surface area (Å²) in [4.78, 5) is 28.5. The van der Waals surface area contributed by atoms with Gasteiger partial charge in [0.25, 0.3) is 0 Å². The number of hydrogen-bond acceptors (Lipinski definition) is 6. The standard InChI is InChI=1S/C27H25Cl2N5O4/c28-21-9-8-19(12-22(21)29)34-26(14-23(33-34)18-7-4-10-31-15-18)38-16-20(35)13-25(36)32-24(27(30)37)11-17-5-2-1-3-6-17/h1-10,12,14-15,20,24,35H,11,13,16H2,(H2,30,37)(H,32,36)/t20-,24+/m1/s1. The lowest BCUT2D eigenvalue weighted by atomic mass is 10.1. The summed E-state index contributed by atoms with van der Waals surface area (Å²) in [5.74, 6) is -0.892. The van der Waals surface area contributed by atoms with Crippen molar-refractivity contribution in [1.29, 1.82) is 0 Å². The zero-order valence-corrected chi connectivity index (χ0v) is 21.6. The molecule has 0 spiro atoms. The van der Waals surface area contributed by atoms with Crippen LogP contribution in [0.15, 0.2) is 79.1 Å². The predicted molar refractivity (Wildman–Crippen MR) is 144 cm³/mol. The number of hydrogen-bond donors (Lipinski definition) is 3. The second kappa shape index (κ2) is 12.6. The molecule has 2 amide bonds. The van der Waals surface area contributed by atoms with Crippen molar-refractivity contribution in [2.75, 3.05) is 6.61 Å². The highest BCUT2D eigenvalue weighted by atomic mass is 35.5. The second-order valence-electron chi connectivity index (χ2n) is 8.50. The SMILES string of the molecule is NC(=O)[C@H](Cc1ccccc1)NC(=O)C[C@@H](O)COc1cc(-c2cccnc2)nn1-c1ccc(Cl)c(Cl)c1. The van der Waals surface area contributed by atoms with E-state index < -0.39 is 24.0 Å². The van der Waals surface area contributed by atoms with Crippen LogP contribution in [0.4, 0.5) is 0 Å². The van der Waals surface area contributed by atoms with Gasteiger partial charge < -0.3 is 20.9 Å². The van der Waals surface area contributed by atoms with Crippen molar-refractivity contribution in [3.8, 4) is 22.8 Å². The summed E-state index contributed by atoms with van der Waals surface area (Å²) in [5, 5.41) is 18.4. The van der Waals surface area contributed by atoms with Gasteiger partial charge in [-0.15, -0.1) is 0 Å². The van der Waals surface area contributed by atoms with Crippen molar-refractivity contribution in [3.63, 3.8) is 0 Å². The number of carbonyl (C=O) groups is 2. The largest absolute Gasteiger partial charge is 0.475 e.